The first kappa shape index (κ1) is 19.7. The third-order valence-corrected chi connectivity index (χ3v) is 6.51. The molecule has 7 heteroatoms. The van der Waals surface area contributed by atoms with Crippen molar-refractivity contribution in [2.75, 3.05) is 22.5 Å². The zero-order chi connectivity index (χ0) is 20.2. The minimum Gasteiger partial charge on any atom is -0.325 e. The molecule has 0 aliphatic carbocycles. The van der Waals surface area contributed by atoms with Gasteiger partial charge in [-0.3, -0.25) is 9.59 Å². The predicted octanol–water partition coefficient (Wildman–Crippen LogP) is 5.21. The molecular weight excluding hydrogens is 407 g/mol. The number of benzene rings is 2. The molecule has 0 unspecified atom stereocenters. The second-order valence-electron chi connectivity index (χ2n) is 6.67. The van der Waals surface area contributed by atoms with Crippen LogP contribution in [-0.4, -0.2) is 24.1 Å². The van der Waals surface area contributed by atoms with Gasteiger partial charge in [-0.2, -0.15) is 0 Å². The van der Waals surface area contributed by atoms with E-state index in [-0.39, 0.29) is 23.4 Å². The molecule has 4 nitrogen and oxygen atoms in total. The lowest BCUT2D eigenvalue weighted by atomic mass is 10.0. The molecule has 0 saturated heterocycles. The highest BCUT2D eigenvalue weighted by Crippen LogP contribution is 2.31. The quantitative estimate of drug-likeness (QED) is 0.570. The maximum absolute atomic E-state index is 13.0. The van der Waals surface area contributed by atoms with Crippen LogP contribution in [0.5, 0.6) is 0 Å². The minimum atomic E-state index is -0.292. The Morgan fingerprint density at radius 1 is 1.14 bits per heavy atom. The average molecular weight is 427 g/mol. The van der Waals surface area contributed by atoms with Gasteiger partial charge in [0.2, 0.25) is 5.91 Å². The number of fused-ring (bicyclic) bond motifs is 1. The SMILES string of the molecule is O=C(CSc1ccc(F)cc1)Nc1ccc2c(c1)CCCN2C(=O)c1cccs1. The molecule has 0 spiro atoms. The fourth-order valence-electron chi connectivity index (χ4n) is 3.30. The van der Waals surface area contributed by atoms with Crippen molar-refractivity contribution in [1.29, 1.82) is 0 Å². The first-order chi connectivity index (χ1) is 14.1. The highest BCUT2D eigenvalue weighted by molar-refractivity contribution is 8.00. The topological polar surface area (TPSA) is 49.4 Å². The van der Waals surface area contributed by atoms with Crippen molar-refractivity contribution < 1.29 is 14.0 Å². The van der Waals surface area contributed by atoms with Crippen LogP contribution in [0, 0.1) is 5.82 Å². The second kappa shape index (κ2) is 8.80. The molecule has 2 aromatic carbocycles. The number of aryl methyl sites for hydroxylation is 1. The summed E-state index contributed by atoms with van der Waals surface area (Å²) in [5, 5.41) is 4.81. The Kier molecular flexibility index (Phi) is 5.97. The summed E-state index contributed by atoms with van der Waals surface area (Å²) in [7, 11) is 0. The number of halogens is 1. The van der Waals surface area contributed by atoms with Crippen LogP contribution in [0.4, 0.5) is 15.8 Å². The summed E-state index contributed by atoms with van der Waals surface area (Å²) in [5.41, 5.74) is 2.69. The van der Waals surface area contributed by atoms with E-state index < -0.39 is 0 Å². The zero-order valence-electron chi connectivity index (χ0n) is 15.6. The van der Waals surface area contributed by atoms with Crippen LogP contribution in [0.1, 0.15) is 21.7 Å². The lowest BCUT2D eigenvalue weighted by Crippen LogP contribution is -2.35. The standard InChI is InChI=1S/C22H19FN2O2S2/c23-16-5-8-18(9-6-16)29-14-21(26)24-17-7-10-19-15(13-17)3-1-11-25(19)22(27)20-4-2-12-28-20/h2,4-10,12-13H,1,3,11,14H2,(H,24,26). The van der Waals surface area contributed by atoms with Gasteiger partial charge in [-0.15, -0.1) is 23.1 Å². The number of carbonyl (C=O) groups is 2. The molecule has 148 valence electrons. The molecule has 0 radical (unpaired) electrons. The number of carbonyl (C=O) groups excluding carboxylic acids is 2. The number of thiophene rings is 1. The van der Waals surface area contributed by atoms with Crippen molar-refractivity contribution in [1.82, 2.24) is 0 Å². The summed E-state index contributed by atoms with van der Waals surface area (Å²) in [6.45, 7) is 0.698. The van der Waals surface area contributed by atoms with Crippen LogP contribution in [0.15, 0.2) is 64.9 Å². The van der Waals surface area contributed by atoms with Crippen LogP contribution in [0.2, 0.25) is 0 Å². The fourth-order valence-corrected chi connectivity index (χ4v) is 4.67. The van der Waals surface area contributed by atoms with Crippen LogP contribution in [0.3, 0.4) is 0 Å². The number of anilines is 2. The predicted molar refractivity (Wildman–Crippen MR) is 117 cm³/mol. The summed E-state index contributed by atoms with van der Waals surface area (Å²) in [4.78, 5) is 28.4. The van der Waals surface area contributed by atoms with E-state index in [0.29, 0.717) is 6.54 Å². The summed E-state index contributed by atoms with van der Waals surface area (Å²) in [6, 6.07) is 15.5. The van der Waals surface area contributed by atoms with E-state index in [9.17, 15) is 14.0 Å². The summed E-state index contributed by atoms with van der Waals surface area (Å²) >= 11 is 2.80. The third-order valence-electron chi connectivity index (χ3n) is 4.64. The van der Waals surface area contributed by atoms with E-state index in [4.69, 9.17) is 0 Å². The number of nitrogens with one attached hydrogen (secondary N) is 1. The molecule has 3 aromatic rings. The monoisotopic (exact) mass is 426 g/mol. The van der Waals surface area contributed by atoms with E-state index in [1.165, 1.54) is 35.2 Å². The van der Waals surface area contributed by atoms with Gasteiger partial charge in [0.1, 0.15) is 5.82 Å². The summed E-state index contributed by atoms with van der Waals surface area (Å²) in [6.07, 6.45) is 1.76. The van der Waals surface area contributed by atoms with Gasteiger partial charge in [0, 0.05) is 22.8 Å². The molecule has 1 aliphatic rings. The van der Waals surface area contributed by atoms with Crippen molar-refractivity contribution >= 4 is 46.3 Å². The Hall–Kier alpha value is -2.64. The third kappa shape index (κ3) is 4.68. The first-order valence-electron chi connectivity index (χ1n) is 9.27. The average Bonchev–Trinajstić information content (AvgIpc) is 3.27. The number of amides is 2. The largest absolute Gasteiger partial charge is 0.325 e. The fraction of sp³-hybridized carbons (Fsp3) is 0.182. The van der Waals surface area contributed by atoms with E-state index >= 15 is 0 Å². The molecule has 1 N–H and O–H groups in total. The lowest BCUT2D eigenvalue weighted by Gasteiger charge is -2.29. The smallest absolute Gasteiger partial charge is 0.268 e. The molecule has 0 atom stereocenters. The summed E-state index contributed by atoms with van der Waals surface area (Å²) < 4.78 is 13.0. The molecule has 4 rings (SSSR count). The molecule has 29 heavy (non-hydrogen) atoms. The van der Waals surface area contributed by atoms with Gasteiger partial charge in [-0.1, -0.05) is 6.07 Å². The molecular formula is C22H19FN2O2S2. The molecule has 0 saturated carbocycles. The van der Waals surface area contributed by atoms with Crippen LogP contribution < -0.4 is 10.2 Å². The maximum atomic E-state index is 13.0. The second-order valence-corrected chi connectivity index (χ2v) is 8.67. The summed E-state index contributed by atoms with van der Waals surface area (Å²) in [5.74, 6) is -0.152. The van der Waals surface area contributed by atoms with Gasteiger partial charge in [0.25, 0.3) is 5.91 Å². The molecule has 1 aromatic heterocycles. The molecule has 2 amide bonds. The Labute approximate surface area is 176 Å². The van der Waals surface area contributed by atoms with Crippen molar-refractivity contribution in [3.8, 4) is 0 Å². The van der Waals surface area contributed by atoms with E-state index in [0.717, 1.165) is 39.6 Å². The van der Waals surface area contributed by atoms with Crippen molar-refractivity contribution in [2.45, 2.75) is 17.7 Å². The Morgan fingerprint density at radius 3 is 2.72 bits per heavy atom. The van der Waals surface area contributed by atoms with Gasteiger partial charge in [0.05, 0.1) is 10.6 Å². The van der Waals surface area contributed by atoms with Gasteiger partial charge >= 0.3 is 0 Å². The molecule has 1 aliphatic heterocycles. The van der Waals surface area contributed by atoms with Gasteiger partial charge in [0.15, 0.2) is 0 Å². The van der Waals surface area contributed by atoms with Crippen molar-refractivity contribution in [3.63, 3.8) is 0 Å². The van der Waals surface area contributed by atoms with Crippen molar-refractivity contribution in [2.24, 2.45) is 0 Å². The number of hydrogen-bond donors (Lipinski definition) is 1. The molecule has 0 fully saturated rings. The highest BCUT2D eigenvalue weighted by Gasteiger charge is 2.24. The number of rotatable bonds is 5. The number of hydrogen-bond acceptors (Lipinski definition) is 4. The van der Waals surface area contributed by atoms with Gasteiger partial charge in [-0.05, 0) is 72.3 Å². The van der Waals surface area contributed by atoms with E-state index in [1.54, 1.807) is 12.1 Å². The Balaban J connectivity index is 1.41. The van der Waals surface area contributed by atoms with Crippen molar-refractivity contribution in [3.05, 3.63) is 76.2 Å². The van der Waals surface area contributed by atoms with Gasteiger partial charge < -0.3 is 10.2 Å². The Morgan fingerprint density at radius 2 is 1.97 bits per heavy atom. The minimum absolute atomic E-state index is 0.0217. The first-order valence-corrected chi connectivity index (χ1v) is 11.1. The molecule has 2 heterocycles. The number of nitrogens with zero attached hydrogens (tertiary/aromatic N) is 1. The maximum Gasteiger partial charge on any atom is 0.268 e. The normalized spacial score (nSPS) is 13.1. The van der Waals surface area contributed by atoms with Gasteiger partial charge in [-0.25, -0.2) is 4.39 Å². The molecule has 0 bridgehead atoms. The number of thioether (sulfide) groups is 1. The highest BCUT2D eigenvalue weighted by atomic mass is 32.2. The van der Waals surface area contributed by atoms with E-state index in [1.807, 2.05) is 40.6 Å². The van der Waals surface area contributed by atoms with Crippen LogP contribution >= 0.6 is 23.1 Å². The zero-order valence-corrected chi connectivity index (χ0v) is 17.2. The van der Waals surface area contributed by atoms with Crippen LogP contribution in [0.25, 0.3) is 0 Å². The van der Waals surface area contributed by atoms with Crippen LogP contribution in [-0.2, 0) is 11.2 Å². The Bertz CT molecular complexity index is 1020. The van der Waals surface area contributed by atoms with E-state index in [2.05, 4.69) is 5.32 Å². The lowest BCUT2D eigenvalue weighted by molar-refractivity contribution is -0.113.